The fourth-order valence-electron chi connectivity index (χ4n) is 2.95. The number of nitrogens with zero attached hydrogens (tertiary/aromatic N) is 2. The number of hydrogen-bond donors (Lipinski definition) is 3. The van der Waals surface area contributed by atoms with Crippen LogP contribution in [0.2, 0.25) is 0 Å². The highest BCUT2D eigenvalue weighted by Crippen LogP contribution is 2.20. The highest BCUT2D eigenvalue weighted by atomic mass is 16.3. The predicted octanol–water partition coefficient (Wildman–Crippen LogP) is 1.99. The van der Waals surface area contributed by atoms with Gasteiger partial charge in [-0.1, -0.05) is 0 Å². The third-order valence-corrected chi connectivity index (χ3v) is 4.36. The van der Waals surface area contributed by atoms with Crippen LogP contribution in [0.5, 0.6) is 0 Å². The zero-order valence-electron chi connectivity index (χ0n) is 14.2. The smallest absolute Gasteiger partial charge is 0.315 e. The Morgan fingerprint density at radius 1 is 1.38 bits per heavy atom. The lowest BCUT2D eigenvalue weighted by atomic mass is 10.0. The van der Waals surface area contributed by atoms with Crippen LogP contribution in [0.1, 0.15) is 38.2 Å². The maximum atomic E-state index is 12.0. The van der Waals surface area contributed by atoms with Crippen molar-refractivity contribution in [1.29, 1.82) is 5.26 Å². The van der Waals surface area contributed by atoms with Crippen molar-refractivity contribution in [2.24, 2.45) is 0 Å². The van der Waals surface area contributed by atoms with E-state index in [1.807, 2.05) is 31.2 Å². The summed E-state index contributed by atoms with van der Waals surface area (Å²) >= 11 is 0. The fourth-order valence-corrected chi connectivity index (χ4v) is 2.95. The van der Waals surface area contributed by atoms with Crippen LogP contribution in [-0.2, 0) is 0 Å². The number of carbonyl (C=O) groups excluding carboxylic acids is 1. The van der Waals surface area contributed by atoms with Crippen LogP contribution in [0.25, 0.3) is 0 Å². The van der Waals surface area contributed by atoms with E-state index in [9.17, 15) is 4.79 Å². The number of aliphatic hydroxyl groups excluding tert-OH is 1. The largest absolute Gasteiger partial charge is 0.396 e. The summed E-state index contributed by atoms with van der Waals surface area (Å²) in [4.78, 5) is 14.3. The molecule has 6 heteroatoms. The Morgan fingerprint density at radius 2 is 2.04 bits per heavy atom. The molecule has 0 aliphatic carbocycles. The minimum absolute atomic E-state index is 0.0656. The number of benzene rings is 1. The molecule has 1 heterocycles. The van der Waals surface area contributed by atoms with Crippen molar-refractivity contribution >= 4 is 11.7 Å². The highest BCUT2D eigenvalue weighted by molar-refractivity contribution is 5.74. The zero-order valence-corrected chi connectivity index (χ0v) is 14.2. The van der Waals surface area contributed by atoms with E-state index in [0.717, 1.165) is 38.0 Å². The molecule has 1 atom stereocenters. The highest BCUT2D eigenvalue weighted by Gasteiger charge is 2.21. The molecule has 24 heavy (non-hydrogen) atoms. The van der Waals surface area contributed by atoms with Crippen molar-refractivity contribution in [2.45, 2.75) is 44.7 Å². The van der Waals surface area contributed by atoms with Gasteiger partial charge in [0.15, 0.2) is 0 Å². The Hall–Kier alpha value is -2.26. The van der Waals surface area contributed by atoms with Crippen LogP contribution in [0, 0.1) is 11.3 Å². The molecule has 0 saturated carbocycles. The SMILES string of the molecule is C[C@H](CCCO)NC(=O)NC1CCN(c2ccc(C#N)cc2)CC1. The number of piperidine rings is 1. The quantitative estimate of drug-likeness (QED) is 0.744. The molecule has 2 rings (SSSR count). The first-order chi connectivity index (χ1) is 11.6. The van der Waals surface area contributed by atoms with Gasteiger partial charge in [0.05, 0.1) is 11.6 Å². The average Bonchev–Trinajstić information content (AvgIpc) is 2.60. The number of nitrogens with one attached hydrogen (secondary N) is 2. The lowest BCUT2D eigenvalue weighted by molar-refractivity contribution is 0.228. The third-order valence-electron chi connectivity index (χ3n) is 4.36. The van der Waals surface area contributed by atoms with E-state index >= 15 is 0 Å². The van der Waals surface area contributed by atoms with Gasteiger partial charge in [0.2, 0.25) is 0 Å². The standard InChI is InChI=1S/C18H26N4O2/c1-14(3-2-12-23)20-18(24)21-16-8-10-22(11-9-16)17-6-4-15(13-19)5-7-17/h4-7,14,16,23H,2-3,8-12H2,1H3,(H2,20,21,24)/t14-/m1/s1. The van der Waals surface area contributed by atoms with Gasteiger partial charge in [0.25, 0.3) is 0 Å². The molecule has 1 aromatic carbocycles. The first-order valence-electron chi connectivity index (χ1n) is 8.55. The topological polar surface area (TPSA) is 88.4 Å². The van der Waals surface area contributed by atoms with Gasteiger partial charge < -0.3 is 20.6 Å². The third kappa shape index (κ3) is 5.43. The Balaban J connectivity index is 1.74. The van der Waals surface area contributed by atoms with Crippen molar-refractivity contribution in [3.63, 3.8) is 0 Å². The number of rotatable bonds is 6. The Morgan fingerprint density at radius 3 is 2.62 bits per heavy atom. The van der Waals surface area contributed by atoms with Gasteiger partial charge in [-0.15, -0.1) is 0 Å². The van der Waals surface area contributed by atoms with Gasteiger partial charge in [-0.25, -0.2) is 4.79 Å². The maximum Gasteiger partial charge on any atom is 0.315 e. The van der Waals surface area contributed by atoms with Gasteiger partial charge in [0, 0.05) is 37.5 Å². The fraction of sp³-hybridized carbons (Fsp3) is 0.556. The number of anilines is 1. The Bertz CT molecular complexity index is 559. The first kappa shape index (κ1) is 18.1. The van der Waals surface area contributed by atoms with Crippen molar-refractivity contribution in [3.8, 4) is 6.07 Å². The summed E-state index contributed by atoms with van der Waals surface area (Å²) < 4.78 is 0. The monoisotopic (exact) mass is 330 g/mol. The minimum Gasteiger partial charge on any atom is -0.396 e. The van der Waals surface area contributed by atoms with E-state index in [2.05, 4.69) is 21.6 Å². The lowest BCUT2D eigenvalue weighted by Crippen LogP contribution is -2.49. The molecule has 1 fully saturated rings. The normalized spacial score (nSPS) is 16.3. The van der Waals surface area contributed by atoms with Gasteiger partial charge in [-0.2, -0.15) is 5.26 Å². The summed E-state index contributed by atoms with van der Waals surface area (Å²) in [5.41, 5.74) is 1.79. The summed E-state index contributed by atoms with van der Waals surface area (Å²) in [7, 11) is 0. The van der Waals surface area contributed by atoms with E-state index in [-0.39, 0.29) is 24.7 Å². The molecule has 2 amide bonds. The van der Waals surface area contributed by atoms with Crippen LogP contribution < -0.4 is 15.5 Å². The van der Waals surface area contributed by atoms with Crippen LogP contribution >= 0.6 is 0 Å². The van der Waals surface area contributed by atoms with Gasteiger partial charge >= 0.3 is 6.03 Å². The molecule has 0 unspecified atom stereocenters. The number of aliphatic hydroxyl groups is 1. The summed E-state index contributed by atoms with van der Waals surface area (Å²) in [6.45, 7) is 3.87. The molecule has 1 aliphatic heterocycles. The molecule has 6 nitrogen and oxygen atoms in total. The van der Waals surface area contributed by atoms with Gasteiger partial charge in [0.1, 0.15) is 0 Å². The number of amides is 2. The molecule has 3 N–H and O–H groups in total. The van der Waals surface area contributed by atoms with E-state index in [0.29, 0.717) is 12.0 Å². The molecule has 1 aromatic rings. The second kappa shape index (κ2) is 9.14. The summed E-state index contributed by atoms with van der Waals surface area (Å²) in [6, 6.07) is 9.87. The molecular formula is C18H26N4O2. The average molecular weight is 330 g/mol. The van der Waals surface area contributed by atoms with Gasteiger partial charge in [-0.3, -0.25) is 0 Å². The Labute approximate surface area is 143 Å². The van der Waals surface area contributed by atoms with Gasteiger partial charge in [-0.05, 0) is 56.9 Å². The van der Waals surface area contributed by atoms with Crippen LogP contribution in [0.15, 0.2) is 24.3 Å². The summed E-state index contributed by atoms with van der Waals surface area (Å²) in [5, 5.41) is 23.6. The maximum absolute atomic E-state index is 12.0. The first-order valence-corrected chi connectivity index (χ1v) is 8.55. The van der Waals surface area contributed by atoms with Crippen LogP contribution in [0.4, 0.5) is 10.5 Å². The summed E-state index contributed by atoms with van der Waals surface area (Å²) in [6.07, 6.45) is 3.28. The lowest BCUT2D eigenvalue weighted by Gasteiger charge is -2.34. The molecule has 0 aromatic heterocycles. The number of carbonyl (C=O) groups is 1. The van der Waals surface area contributed by atoms with Crippen molar-refractivity contribution < 1.29 is 9.90 Å². The minimum atomic E-state index is -0.128. The van der Waals surface area contributed by atoms with E-state index in [1.54, 1.807) is 0 Å². The molecule has 0 bridgehead atoms. The van der Waals surface area contributed by atoms with Crippen molar-refractivity contribution in [2.75, 3.05) is 24.6 Å². The molecule has 1 aliphatic rings. The predicted molar refractivity (Wildman–Crippen MR) is 93.8 cm³/mol. The molecule has 130 valence electrons. The second-order valence-corrected chi connectivity index (χ2v) is 6.30. The summed E-state index contributed by atoms with van der Waals surface area (Å²) in [5.74, 6) is 0. The van der Waals surface area contributed by atoms with Crippen molar-refractivity contribution in [3.05, 3.63) is 29.8 Å². The zero-order chi connectivity index (χ0) is 17.4. The Kier molecular flexibility index (Phi) is 6.89. The van der Waals surface area contributed by atoms with E-state index in [1.165, 1.54) is 0 Å². The number of hydrogen-bond acceptors (Lipinski definition) is 4. The van der Waals surface area contributed by atoms with E-state index in [4.69, 9.17) is 10.4 Å². The van der Waals surface area contributed by atoms with E-state index < -0.39 is 0 Å². The molecule has 0 radical (unpaired) electrons. The van der Waals surface area contributed by atoms with Crippen LogP contribution in [-0.4, -0.2) is 42.9 Å². The molecule has 1 saturated heterocycles. The van der Waals surface area contributed by atoms with Crippen molar-refractivity contribution in [1.82, 2.24) is 10.6 Å². The number of nitriles is 1. The second-order valence-electron chi connectivity index (χ2n) is 6.30. The van der Waals surface area contributed by atoms with Crippen LogP contribution in [0.3, 0.4) is 0 Å². The molecular weight excluding hydrogens is 304 g/mol. The number of urea groups is 1. The molecule has 0 spiro atoms.